The van der Waals surface area contributed by atoms with Crippen molar-refractivity contribution < 1.29 is 9.47 Å². The molecular formula is C14H32IN3O2. The summed E-state index contributed by atoms with van der Waals surface area (Å²) in [6.45, 7) is 11.2. The number of rotatable bonds is 11. The zero-order chi connectivity index (χ0) is 14.3. The monoisotopic (exact) mass is 401 g/mol. The molecule has 0 aromatic rings. The average Bonchev–Trinajstić information content (AvgIpc) is 2.37. The van der Waals surface area contributed by atoms with Crippen LogP contribution in [0, 0.1) is 5.92 Å². The molecule has 2 N–H and O–H groups in total. The van der Waals surface area contributed by atoms with Gasteiger partial charge in [0.05, 0.1) is 13.2 Å². The minimum atomic E-state index is 0. The number of nitrogens with zero attached hydrogens (tertiary/aromatic N) is 1. The summed E-state index contributed by atoms with van der Waals surface area (Å²) >= 11 is 0. The number of hydrogen-bond acceptors (Lipinski definition) is 3. The van der Waals surface area contributed by atoms with Gasteiger partial charge in [0.2, 0.25) is 0 Å². The Morgan fingerprint density at radius 3 is 2.50 bits per heavy atom. The molecule has 0 saturated heterocycles. The minimum absolute atomic E-state index is 0. The Morgan fingerprint density at radius 1 is 1.15 bits per heavy atom. The van der Waals surface area contributed by atoms with Crippen molar-refractivity contribution in [2.24, 2.45) is 10.9 Å². The minimum Gasteiger partial charge on any atom is -0.382 e. The van der Waals surface area contributed by atoms with E-state index in [1.165, 1.54) is 0 Å². The molecule has 0 spiro atoms. The highest BCUT2D eigenvalue weighted by Crippen LogP contribution is 1.96. The predicted molar refractivity (Wildman–Crippen MR) is 96.2 cm³/mol. The van der Waals surface area contributed by atoms with Gasteiger partial charge >= 0.3 is 0 Å². The van der Waals surface area contributed by atoms with Crippen LogP contribution in [0.3, 0.4) is 0 Å². The second-order valence-electron chi connectivity index (χ2n) is 4.83. The zero-order valence-electron chi connectivity index (χ0n) is 13.4. The van der Waals surface area contributed by atoms with Crippen LogP contribution in [-0.4, -0.2) is 52.5 Å². The third-order valence-corrected chi connectivity index (χ3v) is 2.51. The standard InChI is InChI=1S/C14H31N3O2.HI/c1-5-15-14(17-9-7-13(2)3)16-8-6-10-19-12-11-18-4;/h13H,5-12H2,1-4H3,(H2,15,16,17);1H. The molecule has 0 bridgehead atoms. The van der Waals surface area contributed by atoms with Crippen molar-refractivity contribution in [2.45, 2.75) is 33.6 Å². The van der Waals surface area contributed by atoms with Gasteiger partial charge in [-0.25, -0.2) is 0 Å². The quantitative estimate of drug-likeness (QED) is 0.241. The Balaban J connectivity index is 0. The summed E-state index contributed by atoms with van der Waals surface area (Å²) in [6, 6.07) is 0. The van der Waals surface area contributed by atoms with E-state index in [0.29, 0.717) is 19.1 Å². The van der Waals surface area contributed by atoms with Crippen LogP contribution in [-0.2, 0) is 9.47 Å². The SMILES string of the molecule is CCNC(=NCCCOCCOC)NCCC(C)C.I. The van der Waals surface area contributed by atoms with Crippen LogP contribution in [0.1, 0.15) is 33.6 Å². The third kappa shape index (κ3) is 16.0. The molecule has 0 unspecified atom stereocenters. The summed E-state index contributed by atoms with van der Waals surface area (Å²) in [7, 11) is 1.68. The van der Waals surface area contributed by atoms with Crippen LogP contribution in [0.4, 0.5) is 0 Å². The Morgan fingerprint density at radius 2 is 1.90 bits per heavy atom. The van der Waals surface area contributed by atoms with Crippen molar-refractivity contribution in [1.82, 2.24) is 10.6 Å². The smallest absolute Gasteiger partial charge is 0.191 e. The lowest BCUT2D eigenvalue weighted by Gasteiger charge is -2.12. The topological polar surface area (TPSA) is 54.9 Å². The molecule has 122 valence electrons. The molecule has 0 radical (unpaired) electrons. The molecule has 0 rings (SSSR count). The van der Waals surface area contributed by atoms with Gasteiger partial charge in [0, 0.05) is 33.4 Å². The maximum Gasteiger partial charge on any atom is 0.191 e. The van der Waals surface area contributed by atoms with E-state index >= 15 is 0 Å². The number of methoxy groups -OCH3 is 1. The van der Waals surface area contributed by atoms with Gasteiger partial charge < -0.3 is 20.1 Å². The van der Waals surface area contributed by atoms with Crippen molar-refractivity contribution in [3.05, 3.63) is 0 Å². The molecule has 0 aliphatic heterocycles. The van der Waals surface area contributed by atoms with Crippen molar-refractivity contribution in [2.75, 3.05) is 46.6 Å². The molecule has 6 heteroatoms. The summed E-state index contributed by atoms with van der Waals surface area (Å²) in [5.74, 6) is 1.62. The first-order chi connectivity index (χ1) is 9.20. The molecule has 5 nitrogen and oxygen atoms in total. The molecule has 0 aromatic heterocycles. The van der Waals surface area contributed by atoms with E-state index in [4.69, 9.17) is 9.47 Å². The van der Waals surface area contributed by atoms with E-state index in [-0.39, 0.29) is 24.0 Å². The summed E-state index contributed by atoms with van der Waals surface area (Å²) in [6.07, 6.45) is 2.09. The first kappa shape index (κ1) is 22.2. The first-order valence-electron chi connectivity index (χ1n) is 7.29. The van der Waals surface area contributed by atoms with E-state index in [0.717, 1.165) is 45.0 Å². The van der Waals surface area contributed by atoms with Gasteiger partial charge in [0.1, 0.15) is 0 Å². The highest BCUT2D eigenvalue weighted by atomic mass is 127. The third-order valence-electron chi connectivity index (χ3n) is 2.51. The van der Waals surface area contributed by atoms with Crippen LogP contribution in [0.15, 0.2) is 4.99 Å². The van der Waals surface area contributed by atoms with Crippen LogP contribution < -0.4 is 10.6 Å². The van der Waals surface area contributed by atoms with E-state index in [1.807, 2.05) is 0 Å². The number of hydrogen-bond donors (Lipinski definition) is 2. The van der Waals surface area contributed by atoms with Crippen molar-refractivity contribution in [3.8, 4) is 0 Å². The van der Waals surface area contributed by atoms with Crippen molar-refractivity contribution >= 4 is 29.9 Å². The van der Waals surface area contributed by atoms with Gasteiger partial charge in [0.25, 0.3) is 0 Å². The van der Waals surface area contributed by atoms with Crippen LogP contribution in [0.25, 0.3) is 0 Å². The molecular weight excluding hydrogens is 369 g/mol. The lowest BCUT2D eigenvalue weighted by Crippen LogP contribution is -2.38. The molecule has 0 saturated carbocycles. The Hall–Kier alpha value is -0.0800. The highest BCUT2D eigenvalue weighted by Gasteiger charge is 1.98. The summed E-state index contributed by atoms with van der Waals surface area (Å²) < 4.78 is 10.3. The van der Waals surface area contributed by atoms with E-state index < -0.39 is 0 Å². The average molecular weight is 401 g/mol. The molecule has 0 aromatic carbocycles. The van der Waals surface area contributed by atoms with Gasteiger partial charge in [-0.05, 0) is 25.7 Å². The normalized spacial score (nSPS) is 11.3. The summed E-state index contributed by atoms with van der Waals surface area (Å²) in [5, 5.41) is 6.59. The highest BCUT2D eigenvalue weighted by molar-refractivity contribution is 14.0. The maximum atomic E-state index is 5.39. The van der Waals surface area contributed by atoms with E-state index in [2.05, 4.69) is 36.4 Å². The van der Waals surface area contributed by atoms with Crippen LogP contribution in [0.5, 0.6) is 0 Å². The number of guanidine groups is 1. The van der Waals surface area contributed by atoms with Gasteiger partial charge in [-0.15, -0.1) is 24.0 Å². The Labute approximate surface area is 141 Å². The fraction of sp³-hybridized carbons (Fsp3) is 0.929. The molecule has 0 aliphatic carbocycles. The molecule has 0 atom stereocenters. The molecule has 0 fully saturated rings. The first-order valence-corrected chi connectivity index (χ1v) is 7.29. The largest absolute Gasteiger partial charge is 0.382 e. The molecule has 0 aliphatic rings. The lowest BCUT2D eigenvalue weighted by molar-refractivity contribution is 0.0702. The maximum absolute atomic E-state index is 5.39. The Bertz CT molecular complexity index is 226. The predicted octanol–water partition coefficient (Wildman–Crippen LogP) is 2.26. The summed E-state index contributed by atoms with van der Waals surface area (Å²) in [5.41, 5.74) is 0. The fourth-order valence-electron chi connectivity index (χ4n) is 1.42. The second-order valence-corrected chi connectivity index (χ2v) is 4.83. The number of halogens is 1. The Kier molecular flexibility index (Phi) is 18.8. The van der Waals surface area contributed by atoms with Gasteiger partial charge in [-0.1, -0.05) is 13.8 Å². The van der Waals surface area contributed by atoms with Crippen LogP contribution >= 0.6 is 24.0 Å². The van der Waals surface area contributed by atoms with Gasteiger partial charge in [-0.3, -0.25) is 4.99 Å². The number of ether oxygens (including phenoxy) is 2. The number of aliphatic imine (C=N–C) groups is 1. The van der Waals surface area contributed by atoms with E-state index in [1.54, 1.807) is 7.11 Å². The second kappa shape index (κ2) is 17.0. The summed E-state index contributed by atoms with van der Waals surface area (Å²) in [4.78, 5) is 4.51. The number of nitrogens with one attached hydrogen (secondary N) is 2. The van der Waals surface area contributed by atoms with Gasteiger partial charge in [-0.2, -0.15) is 0 Å². The molecule has 0 amide bonds. The van der Waals surface area contributed by atoms with Gasteiger partial charge in [0.15, 0.2) is 5.96 Å². The van der Waals surface area contributed by atoms with E-state index in [9.17, 15) is 0 Å². The van der Waals surface area contributed by atoms with Crippen LogP contribution in [0.2, 0.25) is 0 Å². The lowest BCUT2D eigenvalue weighted by atomic mass is 10.1. The molecule has 0 heterocycles. The molecule has 20 heavy (non-hydrogen) atoms. The zero-order valence-corrected chi connectivity index (χ0v) is 15.7. The van der Waals surface area contributed by atoms with Crippen molar-refractivity contribution in [1.29, 1.82) is 0 Å². The fourth-order valence-corrected chi connectivity index (χ4v) is 1.42. The van der Waals surface area contributed by atoms with Crippen molar-refractivity contribution in [3.63, 3.8) is 0 Å².